The molecule has 1 unspecified atom stereocenters. The molecule has 100 valence electrons. The Morgan fingerprint density at radius 3 is 2.78 bits per heavy atom. The van der Waals surface area contributed by atoms with Crippen LogP contribution in [0.15, 0.2) is 18.2 Å². The molecule has 0 aliphatic heterocycles. The molecule has 0 heterocycles. The Kier molecular flexibility index (Phi) is 5.78. The number of benzene rings is 1. The van der Waals surface area contributed by atoms with E-state index in [1.54, 1.807) is 19.2 Å². The van der Waals surface area contributed by atoms with E-state index in [2.05, 4.69) is 10.6 Å². The van der Waals surface area contributed by atoms with Crippen LogP contribution in [0.4, 0.5) is 5.69 Å². The lowest BCUT2D eigenvalue weighted by atomic mass is 10.2. The number of carbonyl (C=O) groups is 1. The zero-order valence-electron chi connectivity index (χ0n) is 10.9. The molecule has 0 spiro atoms. The second-order valence-electron chi connectivity index (χ2n) is 4.01. The van der Waals surface area contributed by atoms with Gasteiger partial charge in [-0.2, -0.15) is 0 Å². The number of amides is 1. The fourth-order valence-corrected chi connectivity index (χ4v) is 1.73. The van der Waals surface area contributed by atoms with Crippen molar-refractivity contribution in [1.82, 2.24) is 5.32 Å². The molecule has 0 bridgehead atoms. The van der Waals surface area contributed by atoms with Crippen LogP contribution in [-0.4, -0.2) is 25.6 Å². The van der Waals surface area contributed by atoms with Gasteiger partial charge in [-0.3, -0.25) is 4.79 Å². The molecule has 2 N–H and O–H groups in total. The van der Waals surface area contributed by atoms with E-state index < -0.39 is 0 Å². The smallest absolute Gasteiger partial charge is 0.242 e. The minimum absolute atomic E-state index is 0.0243. The minimum atomic E-state index is -0.305. The molecular formula is C13H19ClN2O2. The van der Waals surface area contributed by atoms with E-state index in [9.17, 15) is 4.79 Å². The predicted octanol–water partition coefficient (Wildman–Crippen LogP) is 2.68. The molecule has 0 saturated carbocycles. The second kappa shape index (κ2) is 7.11. The van der Waals surface area contributed by atoms with Gasteiger partial charge in [0.1, 0.15) is 11.8 Å². The summed E-state index contributed by atoms with van der Waals surface area (Å²) in [5, 5.41) is 6.44. The van der Waals surface area contributed by atoms with Gasteiger partial charge in [0.05, 0.1) is 12.1 Å². The van der Waals surface area contributed by atoms with Crippen LogP contribution in [0.5, 0.6) is 5.75 Å². The summed E-state index contributed by atoms with van der Waals surface area (Å²) < 4.78 is 5.07. The second-order valence-corrected chi connectivity index (χ2v) is 4.41. The molecule has 1 aromatic carbocycles. The van der Waals surface area contributed by atoms with Crippen molar-refractivity contribution in [2.24, 2.45) is 0 Å². The van der Waals surface area contributed by atoms with Crippen molar-refractivity contribution in [2.75, 3.05) is 19.0 Å². The number of carbonyl (C=O) groups excluding carboxylic acids is 1. The van der Waals surface area contributed by atoms with Crippen molar-refractivity contribution >= 4 is 23.2 Å². The number of nitrogens with one attached hydrogen (secondary N) is 2. The minimum Gasteiger partial charge on any atom is -0.495 e. The molecular weight excluding hydrogens is 252 g/mol. The quantitative estimate of drug-likeness (QED) is 0.836. The summed E-state index contributed by atoms with van der Waals surface area (Å²) in [5.41, 5.74) is 0.792. The first-order chi connectivity index (χ1) is 8.58. The fourth-order valence-electron chi connectivity index (χ4n) is 1.47. The van der Waals surface area contributed by atoms with Crippen molar-refractivity contribution in [1.29, 1.82) is 0 Å². The molecule has 1 amide bonds. The van der Waals surface area contributed by atoms with Gasteiger partial charge in [0.25, 0.3) is 0 Å². The molecule has 0 fully saturated rings. The van der Waals surface area contributed by atoms with E-state index >= 15 is 0 Å². The van der Waals surface area contributed by atoms with Crippen LogP contribution in [0, 0.1) is 0 Å². The Hall–Kier alpha value is -1.42. The van der Waals surface area contributed by atoms with E-state index in [-0.39, 0.29) is 11.9 Å². The first-order valence-corrected chi connectivity index (χ1v) is 6.34. The van der Waals surface area contributed by atoms with Gasteiger partial charge in [-0.05, 0) is 31.5 Å². The molecule has 5 heteroatoms. The van der Waals surface area contributed by atoms with E-state index in [1.165, 1.54) is 0 Å². The van der Waals surface area contributed by atoms with Crippen LogP contribution in [0.2, 0.25) is 5.02 Å². The zero-order chi connectivity index (χ0) is 13.5. The molecule has 0 aliphatic carbocycles. The lowest BCUT2D eigenvalue weighted by Gasteiger charge is -2.15. The van der Waals surface area contributed by atoms with E-state index in [4.69, 9.17) is 16.3 Å². The number of rotatable bonds is 6. The molecule has 4 nitrogen and oxygen atoms in total. The average Bonchev–Trinajstić information content (AvgIpc) is 2.36. The number of hydrogen-bond acceptors (Lipinski definition) is 3. The van der Waals surface area contributed by atoms with Crippen LogP contribution < -0.4 is 15.4 Å². The molecule has 1 rings (SSSR count). The zero-order valence-corrected chi connectivity index (χ0v) is 11.7. The molecule has 0 saturated heterocycles. The summed E-state index contributed by atoms with van der Waals surface area (Å²) in [5.74, 6) is 0.592. The Morgan fingerprint density at radius 2 is 2.22 bits per heavy atom. The highest BCUT2D eigenvalue weighted by Gasteiger charge is 2.12. The maximum absolute atomic E-state index is 11.7. The molecule has 1 atom stereocenters. The summed E-state index contributed by atoms with van der Waals surface area (Å²) in [4.78, 5) is 11.7. The van der Waals surface area contributed by atoms with Crippen LogP contribution in [0.1, 0.15) is 20.3 Å². The molecule has 0 aliphatic rings. The van der Waals surface area contributed by atoms with Gasteiger partial charge >= 0.3 is 0 Å². The third-order valence-corrected chi connectivity index (χ3v) is 2.77. The molecule has 1 aromatic rings. The Bertz CT molecular complexity index is 410. The van der Waals surface area contributed by atoms with Crippen LogP contribution in [0.25, 0.3) is 0 Å². The normalized spacial score (nSPS) is 11.8. The number of halogens is 1. The van der Waals surface area contributed by atoms with E-state index in [1.807, 2.05) is 19.9 Å². The van der Waals surface area contributed by atoms with Crippen LogP contribution in [-0.2, 0) is 4.79 Å². The lowest BCUT2D eigenvalue weighted by Crippen LogP contribution is -2.37. The van der Waals surface area contributed by atoms with Crippen molar-refractivity contribution in [3.63, 3.8) is 0 Å². The third-order valence-electron chi connectivity index (χ3n) is 2.48. The Morgan fingerprint density at radius 1 is 1.50 bits per heavy atom. The molecule has 0 aromatic heterocycles. The Labute approximate surface area is 113 Å². The van der Waals surface area contributed by atoms with Gasteiger partial charge in [-0.15, -0.1) is 0 Å². The summed E-state index contributed by atoms with van der Waals surface area (Å²) in [7, 11) is 1.56. The fraction of sp³-hybridized carbons (Fsp3) is 0.462. The highest BCUT2D eigenvalue weighted by atomic mass is 35.5. The third kappa shape index (κ3) is 4.11. The number of hydrogen-bond donors (Lipinski definition) is 2. The van der Waals surface area contributed by atoms with Crippen LogP contribution >= 0.6 is 11.6 Å². The largest absolute Gasteiger partial charge is 0.495 e. The highest BCUT2D eigenvalue weighted by molar-refractivity contribution is 6.32. The maximum atomic E-state index is 11.7. The highest BCUT2D eigenvalue weighted by Crippen LogP contribution is 2.27. The van der Waals surface area contributed by atoms with Gasteiger partial charge in [-0.1, -0.05) is 18.5 Å². The standard InChI is InChI=1S/C13H19ClN2O2/c1-4-7-15-13(17)9(2)16-10-5-6-12(18-3)11(14)8-10/h5-6,8-9,16H,4,7H2,1-3H3,(H,15,17). The molecule has 18 heavy (non-hydrogen) atoms. The molecule has 0 radical (unpaired) electrons. The van der Waals surface area contributed by atoms with Crippen molar-refractivity contribution < 1.29 is 9.53 Å². The van der Waals surface area contributed by atoms with Gasteiger partial charge < -0.3 is 15.4 Å². The van der Waals surface area contributed by atoms with Gasteiger partial charge in [0, 0.05) is 12.2 Å². The lowest BCUT2D eigenvalue weighted by molar-refractivity contribution is -0.121. The van der Waals surface area contributed by atoms with Gasteiger partial charge in [0.15, 0.2) is 0 Å². The van der Waals surface area contributed by atoms with Gasteiger partial charge in [-0.25, -0.2) is 0 Å². The summed E-state index contributed by atoms with van der Waals surface area (Å²) in [6.45, 7) is 4.51. The number of anilines is 1. The number of methoxy groups -OCH3 is 1. The Balaban J connectivity index is 2.61. The van der Waals surface area contributed by atoms with E-state index in [0.717, 1.165) is 12.1 Å². The topological polar surface area (TPSA) is 50.4 Å². The van der Waals surface area contributed by atoms with Crippen molar-refractivity contribution in [2.45, 2.75) is 26.3 Å². The van der Waals surface area contributed by atoms with Crippen LogP contribution in [0.3, 0.4) is 0 Å². The SMILES string of the molecule is CCCNC(=O)C(C)Nc1ccc(OC)c(Cl)c1. The van der Waals surface area contributed by atoms with E-state index in [0.29, 0.717) is 17.3 Å². The maximum Gasteiger partial charge on any atom is 0.242 e. The first kappa shape index (κ1) is 14.6. The average molecular weight is 271 g/mol. The summed E-state index contributed by atoms with van der Waals surface area (Å²) >= 11 is 6.01. The van der Waals surface area contributed by atoms with Gasteiger partial charge in [0.2, 0.25) is 5.91 Å². The van der Waals surface area contributed by atoms with Crippen molar-refractivity contribution in [3.8, 4) is 5.75 Å². The van der Waals surface area contributed by atoms with Crippen molar-refractivity contribution in [3.05, 3.63) is 23.2 Å². The summed E-state index contributed by atoms with van der Waals surface area (Å²) in [6, 6.07) is 5.03. The summed E-state index contributed by atoms with van der Waals surface area (Å²) in [6.07, 6.45) is 0.923. The first-order valence-electron chi connectivity index (χ1n) is 5.96. The number of ether oxygens (including phenoxy) is 1. The monoisotopic (exact) mass is 270 g/mol. The predicted molar refractivity (Wildman–Crippen MR) is 74.4 cm³/mol.